The summed E-state index contributed by atoms with van der Waals surface area (Å²) in [5.74, 6) is 0.619. The van der Waals surface area contributed by atoms with Gasteiger partial charge in [0.1, 0.15) is 11.8 Å². The van der Waals surface area contributed by atoms with Crippen molar-refractivity contribution in [3.05, 3.63) is 29.3 Å². The van der Waals surface area contributed by atoms with Gasteiger partial charge in [-0.05, 0) is 31.0 Å². The third-order valence-electron chi connectivity index (χ3n) is 4.92. The zero-order valence-corrected chi connectivity index (χ0v) is 14.3. The molecule has 0 N–H and O–H groups in total. The second kappa shape index (κ2) is 7.21. The molecule has 0 bridgehead atoms. The Morgan fingerprint density at radius 3 is 2.67 bits per heavy atom. The van der Waals surface area contributed by atoms with Crippen LogP contribution in [0.5, 0.6) is 5.75 Å². The highest BCUT2D eigenvalue weighted by molar-refractivity contribution is 5.79. The summed E-state index contributed by atoms with van der Waals surface area (Å²) in [6.45, 7) is 7.23. The van der Waals surface area contributed by atoms with Crippen LogP contribution >= 0.6 is 0 Å². The highest BCUT2D eigenvalue weighted by Gasteiger charge is 2.34. The van der Waals surface area contributed by atoms with Crippen LogP contribution in [-0.4, -0.2) is 67.1 Å². The zero-order chi connectivity index (χ0) is 17.1. The van der Waals surface area contributed by atoms with E-state index in [9.17, 15) is 9.59 Å². The molecular formula is C18H24N2O4. The predicted molar refractivity (Wildman–Crippen MR) is 88.9 cm³/mol. The highest BCUT2D eigenvalue weighted by atomic mass is 16.5. The topological polar surface area (TPSA) is 59.1 Å². The maximum Gasteiger partial charge on any atom is 0.323 e. The first-order valence-corrected chi connectivity index (χ1v) is 8.44. The number of carbonyl (C=O) groups is 2. The number of aryl methyl sites for hydroxylation is 1. The third-order valence-corrected chi connectivity index (χ3v) is 4.92. The van der Waals surface area contributed by atoms with Crippen molar-refractivity contribution in [1.82, 2.24) is 9.80 Å². The molecule has 2 aliphatic rings. The molecule has 2 heterocycles. The normalized spacial score (nSPS) is 21.7. The Morgan fingerprint density at radius 1 is 1.25 bits per heavy atom. The van der Waals surface area contributed by atoms with Crippen LogP contribution in [0.1, 0.15) is 17.5 Å². The fourth-order valence-corrected chi connectivity index (χ4v) is 3.21. The quantitative estimate of drug-likeness (QED) is 0.774. The number of carbonyl (C=O) groups excluding carboxylic acids is 2. The monoisotopic (exact) mass is 332 g/mol. The van der Waals surface area contributed by atoms with Crippen LogP contribution < -0.4 is 4.74 Å². The molecule has 0 saturated carbocycles. The van der Waals surface area contributed by atoms with E-state index in [0.717, 1.165) is 23.3 Å². The highest BCUT2D eigenvalue weighted by Crippen LogP contribution is 2.21. The van der Waals surface area contributed by atoms with E-state index in [0.29, 0.717) is 32.8 Å². The third kappa shape index (κ3) is 3.53. The molecule has 6 heteroatoms. The van der Waals surface area contributed by atoms with Gasteiger partial charge in [-0.15, -0.1) is 0 Å². The number of hydrogen-bond donors (Lipinski definition) is 0. The maximum atomic E-state index is 12.4. The summed E-state index contributed by atoms with van der Waals surface area (Å²) < 4.78 is 10.7. The molecule has 3 rings (SSSR count). The van der Waals surface area contributed by atoms with E-state index in [-0.39, 0.29) is 24.5 Å². The van der Waals surface area contributed by atoms with Crippen LogP contribution in [0.3, 0.4) is 0 Å². The van der Waals surface area contributed by atoms with Gasteiger partial charge in [0.05, 0.1) is 6.61 Å². The number of cyclic esters (lactones) is 1. The van der Waals surface area contributed by atoms with E-state index in [1.807, 2.05) is 36.9 Å². The van der Waals surface area contributed by atoms with Gasteiger partial charge < -0.3 is 14.4 Å². The van der Waals surface area contributed by atoms with Crippen LogP contribution in [0.2, 0.25) is 0 Å². The van der Waals surface area contributed by atoms with E-state index in [2.05, 4.69) is 4.90 Å². The molecule has 0 aromatic heterocycles. The second-order valence-electron chi connectivity index (χ2n) is 6.38. The molecule has 2 fully saturated rings. The van der Waals surface area contributed by atoms with E-state index >= 15 is 0 Å². The summed E-state index contributed by atoms with van der Waals surface area (Å²) in [5, 5.41) is 0. The lowest BCUT2D eigenvalue weighted by Gasteiger charge is -2.36. The molecule has 130 valence electrons. The predicted octanol–water partition coefficient (Wildman–Crippen LogP) is 1.14. The van der Waals surface area contributed by atoms with Gasteiger partial charge in [-0.1, -0.05) is 12.1 Å². The van der Waals surface area contributed by atoms with E-state index in [1.54, 1.807) is 0 Å². The number of benzene rings is 1. The van der Waals surface area contributed by atoms with Crippen molar-refractivity contribution in [2.45, 2.75) is 26.3 Å². The first-order valence-electron chi connectivity index (χ1n) is 8.44. The minimum absolute atomic E-state index is 0.00967. The van der Waals surface area contributed by atoms with Gasteiger partial charge >= 0.3 is 5.97 Å². The minimum atomic E-state index is -0.131. The van der Waals surface area contributed by atoms with Gasteiger partial charge in [-0.25, -0.2) is 0 Å². The fraction of sp³-hybridized carbons (Fsp3) is 0.556. The van der Waals surface area contributed by atoms with Crippen LogP contribution in [0, 0.1) is 13.8 Å². The van der Waals surface area contributed by atoms with Crippen molar-refractivity contribution in [3.8, 4) is 5.75 Å². The Morgan fingerprint density at radius 2 is 2.00 bits per heavy atom. The van der Waals surface area contributed by atoms with Crippen molar-refractivity contribution in [2.75, 3.05) is 39.4 Å². The van der Waals surface area contributed by atoms with Gasteiger partial charge in [-0.3, -0.25) is 14.5 Å². The first-order chi connectivity index (χ1) is 11.6. The molecule has 1 aromatic carbocycles. The van der Waals surface area contributed by atoms with Crippen molar-refractivity contribution >= 4 is 11.9 Å². The number of amides is 1. The summed E-state index contributed by atoms with van der Waals surface area (Å²) in [5.41, 5.74) is 2.21. The molecule has 6 nitrogen and oxygen atoms in total. The number of piperazine rings is 1. The molecule has 0 radical (unpaired) electrons. The van der Waals surface area contributed by atoms with Gasteiger partial charge in [0.2, 0.25) is 0 Å². The Balaban J connectivity index is 1.48. The SMILES string of the molecule is Cc1cccc(OCC(=O)N2CCN([C@H]3CCOC3=O)CC2)c1C. The summed E-state index contributed by atoms with van der Waals surface area (Å²) in [7, 11) is 0. The van der Waals surface area contributed by atoms with Crippen LogP contribution in [0.4, 0.5) is 0 Å². The van der Waals surface area contributed by atoms with Crippen molar-refractivity contribution in [1.29, 1.82) is 0 Å². The van der Waals surface area contributed by atoms with Crippen molar-refractivity contribution < 1.29 is 19.1 Å². The molecule has 0 aliphatic carbocycles. The molecule has 0 unspecified atom stereocenters. The van der Waals surface area contributed by atoms with Gasteiger partial charge in [0.15, 0.2) is 6.61 Å². The Hall–Kier alpha value is -2.08. The largest absolute Gasteiger partial charge is 0.483 e. The van der Waals surface area contributed by atoms with Crippen molar-refractivity contribution in [2.24, 2.45) is 0 Å². The van der Waals surface area contributed by atoms with Gasteiger partial charge in [0, 0.05) is 32.6 Å². The number of hydrogen-bond acceptors (Lipinski definition) is 5. The standard InChI is InChI=1S/C18H24N2O4/c1-13-4-3-5-16(14(13)2)24-12-17(21)20-9-7-19(8-10-20)15-6-11-23-18(15)22/h3-5,15H,6-12H2,1-2H3/t15-/m0/s1. The van der Waals surface area contributed by atoms with Gasteiger partial charge in [-0.2, -0.15) is 0 Å². The molecule has 1 amide bonds. The van der Waals surface area contributed by atoms with E-state index in [1.165, 1.54) is 0 Å². The lowest BCUT2D eigenvalue weighted by atomic mass is 10.1. The zero-order valence-electron chi connectivity index (χ0n) is 14.3. The molecule has 2 aliphatic heterocycles. The Bertz CT molecular complexity index is 623. The molecule has 24 heavy (non-hydrogen) atoms. The maximum absolute atomic E-state index is 12.4. The van der Waals surface area contributed by atoms with Crippen molar-refractivity contribution in [3.63, 3.8) is 0 Å². The first kappa shape index (κ1) is 16.8. The van der Waals surface area contributed by atoms with Crippen LogP contribution in [0.15, 0.2) is 18.2 Å². The summed E-state index contributed by atoms with van der Waals surface area (Å²) in [6, 6.07) is 5.71. The molecule has 2 saturated heterocycles. The molecular weight excluding hydrogens is 308 g/mol. The number of rotatable bonds is 4. The number of ether oxygens (including phenoxy) is 2. The number of nitrogens with zero attached hydrogens (tertiary/aromatic N) is 2. The van der Waals surface area contributed by atoms with E-state index < -0.39 is 0 Å². The summed E-state index contributed by atoms with van der Waals surface area (Å²) >= 11 is 0. The molecule has 1 atom stereocenters. The average Bonchev–Trinajstić information content (AvgIpc) is 3.02. The Kier molecular flexibility index (Phi) is 5.04. The average molecular weight is 332 g/mol. The number of esters is 1. The lowest BCUT2D eigenvalue weighted by Crippen LogP contribution is -2.53. The summed E-state index contributed by atoms with van der Waals surface area (Å²) in [4.78, 5) is 27.9. The smallest absolute Gasteiger partial charge is 0.323 e. The lowest BCUT2D eigenvalue weighted by molar-refractivity contribution is -0.143. The van der Waals surface area contributed by atoms with E-state index in [4.69, 9.17) is 9.47 Å². The van der Waals surface area contributed by atoms with Gasteiger partial charge in [0.25, 0.3) is 5.91 Å². The fourth-order valence-electron chi connectivity index (χ4n) is 3.21. The minimum Gasteiger partial charge on any atom is -0.483 e. The summed E-state index contributed by atoms with van der Waals surface area (Å²) in [6.07, 6.45) is 0.753. The molecule has 0 spiro atoms. The Labute approximate surface area is 142 Å². The van der Waals surface area contributed by atoms with Crippen LogP contribution in [0.25, 0.3) is 0 Å². The second-order valence-corrected chi connectivity index (χ2v) is 6.38. The van der Waals surface area contributed by atoms with Crippen LogP contribution in [-0.2, 0) is 14.3 Å². The molecule has 1 aromatic rings.